The Morgan fingerprint density at radius 1 is 1.21 bits per heavy atom. The first-order valence-electron chi connectivity index (χ1n) is 11.6. The van der Waals surface area contributed by atoms with Gasteiger partial charge in [-0.05, 0) is 76.5 Å². The zero-order valence-electron chi connectivity index (χ0n) is 18.5. The highest BCUT2D eigenvalue weighted by Gasteiger charge is 2.71. The highest BCUT2D eigenvalue weighted by molar-refractivity contribution is 5.92. The van der Waals surface area contributed by atoms with E-state index in [-0.39, 0.29) is 22.9 Å². The maximum atomic E-state index is 12.9. The Kier molecular flexibility index (Phi) is 3.92. The number of hydrogen-bond donors (Lipinski definition) is 1. The van der Waals surface area contributed by atoms with Gasteiger partial charge in [-0.3, -0.25) is 9.59 Å². The molecule has 4 saturated carbocycles. The third kappa shape index (κ3) is 2.53. The van der Waals surface area contributed by atoms with E-state index < -0.39 is 11.0 Å². The molecule has 160 valence electrons. The van der Waals surface area contributed by atoms with Crippen LogP contribution in [0.5, 0.6) is 0 Å². The Balaban J connectivity index is 1.42. The summed E-state index contributed by atoms with van der Waals surface area (Å²) >= 11 is 0. The van der Waals surface area contributed by atoms with Crippen LogP contribution in [0.3, 0.4) is 0 Å². The number of Topliss-reactive ketones (excluding diaryl/α,β-unsaturated/α-hetero) is 1. The largest absolute Gasteiger partial charge is 0.462 e. The fourth-order valence-corrected chi connectivity index (χ4v) is 7.69. The van der Waals surface area contributed by atoms with Crippen molar-refractivity contribution in [3.63, 3.8) is 0 Å². The molecule has 5 rings (SSSR count). The molecule has 29 heavy (non-hydrogen) atoms. The van der Waals surface area contributed by atoms with E-state index in [2.05, 4.69) is 19.9 Å². The molecule has 1 unspecified atom stereocenters. The second kappa shape index (κ2) is 5.75. The predicted octanol–water partition coefficient (Wildman–Crippen LogP) is 4.30. The molecule has 0 bridgehead atoms. The van der Waals surface area contributed by atoms with Crippen LogP contribution >= 0.6 is 0 Å². The molecule has 0 aromatic heterocycles. The van der Waals surface area contributed by atoms with Crippen LogP contribution in [0.4, 0.5) is 0 Å². The van der Waals surface area contributed by atoms with Crippen LogP contribution in [0.1, 0.15) is 73.1 Å². The fraction of sp³-hybridized carbons (Fsp3) is 0.840. The molecule has 0 spiro atoms. The predicted molar refractivity (Wildman–Crippen MR) is 110 cm³/mol. The average Bonchev–Trinajstić information content (AvgIpc) is 3.37. The number of carbonyl (C=O) groups excluding carboxylic acids is 2. The van der Waals surface area contributed by atoms with Crippen molar-refractivity contribution >= 4 is 11.8 Å². The molecule has 5 aliphatic carbocycles. The van der Waals surface area contributed by atoms with Crippen LogP contribution < -0.4 is 0 Å². The molecule has 4 fully saturated rings. The number of aliphatic hydroxyl groups is 1. The minimum Gasteiger partial charge on any atom is -0.462 e. The highest BCUT2D eigenvalue weighted by atomic mass is 16.5. The molecule has 0 heterocycles. The SMILES string of the molecule is CC(C)(C)C(=O)OC1CC[C@]2(C)[C@H]3CC[C@]4(C)C(=O)[C@H]5C[C@H]5[C@H]4[C@@H]3C=C[C@]2(O)C1. The lowest BCUT2D eigenvalue weighted by molar-refractivity contribution is -0.187. The zero-order valence-corrected chi connectivity index (χ0v) is 18.5. The summed E-state index contributed by atoms with van der Waals surface area (Å²) in [5, 5.41) is 11.8. The molecule has 4 heteroatoms. The van der Waals surface area contributed by atoms with Gasteiger partial charge in [-0.25, -0.2) is 0 Å². The van der Waals surface area contributed by atoms with Crippen LogP contribution in [0.2, 0.25) is 0 Å². The molecule has 1 N–H and O–H groups in total. The summed E-state index contributed by atoms with van der Waals surface area (Å²) in [5.74, 6) is 2.47. The van der Waals surface area contributed by atoms with E-state index in [1.807, 2.05) is 26.8 Å². The number of hydrogen-bond acceptors (Lipinski definition) is 4. The number of allylic oxidation sites excluding steroid dienone is 1. The van der Waals surface area contributed by atoms with Crippen LogP contribution in [0.15, 0.2) is 12.2 Å². The quantitative estimate of drug-likeness (QED) is 0.526. The summed E-state index contributed by atoms with van der Waals surface area (Å²) < 4.78 is 5.80. The van der Waals surface area contributed by atoms with Gasteiger partial charge in [0.05, 0.1) is 11.0 Å². The van der Waals surface area contributed by atoms with E-state index in [1.165, 1.54) is 0 Å². The molecular formula is C25H36O4. The summed E-state index contributed by atoms with van der Waals surface area (Å²) in [6.07, 6.45) is 9.27. The Bertz CT molecular complexity index is 793. The molecule has 0 aromatic carbocycles. The van der Waals surface area contributed by atoms with Crippen molar-refractivity contribution in [1.82, 2.24) is 0 Å². The molecule has 4 nitrogen and oxygen atoms in total. The fourth-order valence-electron chi connectivity index (χ4n) is 7.69. The lowest BCUT2D eigenvalue weighted by atomic mass is 9.45. The Labute approximate surface area is 174 Å². The van der Waals surface area contributed by atoms with Gasteiger partial charge in [0.15, 0.2) is 0 Å². The van der Waals surface area contributed by atoms with Crippen molar-refractivity contribution in [2.75, 3.05) is 0 Å². The highest BCUT2D eigenvalue weighted by Crippen LogP contribution is 2.71. The van der Waals surface area contributed by atoms with Gasteiger partial charge in [0.1, 0.15) is 11.9 Å². The van der Waals surface area contributed by atoms with Crippen molar-refractivity contribution in [2.45, 2.75) is 84.8 Å². The number of rotatable bonds is 1. The average molecular weight is 401 g/mol. The van der Waals surface area contributed by atoms with Crippen molar-refractivity contribution in [3.8, 4) is 0 Å². The number of fused-ring (bicyclic) bond motifs is 7. The van der Waals surface area contributed by atoms with E-state index in [1.54, 1.807) is 0 Å². The maximum Gasteiger partial charge on any atom is 0.311 e. The van der Waals surface area contributed by atoms with E-state index in [9.17, 15) is 14.7 Å². The summed E-state index contributed by atoms with van der Waals surface area (Å²) in [4.78, 5) is 25.3. The number of ketones is 1. The second-order valence-corrected chi connectivity index (χ2v) is 12.3. The topological polar surface area (TPSA) is 63.6 Å². The monoisotopic (exact) mass is 400 g/mol. The first-order chi connectivity index (χ1) is 13.4. The third-order valence-corrected chi connectivity index (χ3v) is 9.60. The first-order valence-corrected chi connectivity index (χ1v) is 11.6. The van der Waals surface area contributed by atoms with Gasteiger partial charge in [0, 0.05) is 23.2 Å². The molecule has 0 amide bonds. The maximum absolute atomic E-state index is 12.9. The van der Waals surface area contributed by atoms with Crippen molar-refractivity contribution in [2.24, 2.45) is 45.8 Å². The molecule has 5 aliphatic rings. The molecule has 0 aliphatic heterocycles. The minimum absolute atomic E-state index is 0.148. The lowest BCUT2D eigenvalue weighted by Crippen LogP contribution is -2.61. The second-order valence-electron chi connectivity index (χ2n) is 12.3. The van der Waals surface area contributed by atoms with Crippen LogP contribution in [-0.2, 0) is 14.3 Å². The van der Waals surface area contributed by atoms with Crippen LogP contribution in [0, 0.1) is 45.8 Å². The van der Waals surface area contributed by atoms with Crippen LogP contribution in [-0.4, -0.2) is 28.6 Å². The summed E-state index contributed by atoms with van der Waals surface area (Å²) in [7, 11) is 0. The van der Waals surface area contributed by atoms with Crippen molar-refractivity contribution in [3.05, 3.63) is 12.2 Å². The third-order valence-electron chi connectivity index (χ3n) is 9.60. The van der Waals surface area contributed by atoms with E-state index in [0.29, 0.717) is 41.8 Å². The van der Waals surface area contributed by atoms with Gasteiger partial charge >= 0.3 is 5.97 Å². The molecule has 0 radical (unpaired) electrons. The molecule has 0 saturated heterocycles. The van der Waals surface area contributed by atoms with Crippen molar-refractivity contribution < 1.29 is 19.4 Å². The number of ether oxygens (including phenoxy) is 1. The van der Waals surface area contributed by atoms with Gasteiger partial charge in [-0.15, -0.1) is 0 Å². The minimum atomic E-state index is -0.936. The Hall–Kier alpha value is -1.16. The van der Waals surface area contributed by atoms with E-state index in [4.69, 9.17) is 4.74 Å². The normalized spacial score (nSPS) is 52.8. The summed E-state index contributed by atoms with van der Waals surface area (Å²) in [5.41, 5.74) is -1.83. The van der Waals surface area contributed by atoms with Crippen molar-refractivity contribution in [1.29, 1.82) is 0 Å². The number of esters is 1. The van der Waals surface area contributed by atoms with Crippen LogP contribution in [0.25, 0.3) is 0 Å². The van der Waals surface area contributed by atoms with Gasteiger partial charge in [0.2, 0.25) is 0 Å². The number of carbonyl (C=O) groups is 2. The standard InChI is InChI=1S/C25H36O4/c1-22(2,3)21(27)29-14-6-10-24(5)18-8-9-23(4)19(16-12-17(16)20(23)26)15(18)7-11-25(24,28)13-14/h7,11,14-19,28H,6,8-10,12-13H2,1-5H3/t14?,15-,16-,17+,18+,19-,23+,24-,25+/m1/s1. The zero-order chi connectivity index (χ0) is 21.0. The van der Waals surface area contributed by atoms with Gasteiger partial charge in [-0.2, -0.15) is 0 Å². The molecular weight excluding hydrogens is 364 g/mol. The first kappa shape index (κ1) is 19.8. The molecule has 9 atom stereocenters. The smallest absolute Gasteiger partial charge is 0.311 e. The Morgan fingerprint density at radius 2 is 1.93 bits per heavy atom. The van der Waals surface area contributed by atoms with Gasteiger partial charge in [-0.1, -0.05) is 26.0 Å². The summed E-state index contributed by atoms with van der Waals surface area (Å²) in [6, 6.07) is 0. The molecule has 0 aromatic rings. The lowest BCUT2D eigenvalue weighted by Gasteiger charge is -2.61. The van der Waals surface area contributed by atoms with E-state index in [0.717, 1.165) is 32.1 Å². The Morgan fingerprint density at radius 3 is 2.62 bits per heavy atom. The van der Waals surface area contributed by atoms with Gasteiger partial charge < -0.3 is 9.84 Å². The van der Waals surface area contributed by atoms with E-state index >= 15 is 0 Å². The summed E-state index contributed by atoms with van der Waals surface area (Å²) in [6.45, 7) is 10.1. The van der Waals surface area contributed by atoms with Gasteiger partial charge in [0.25, 0.3) is 0 Å².